The van der Waals surface area contributed by atoms with E-state index in [0.717, 1.165) is 23.3 Å². The fraction of sp³-hybridized carbons (Fsp3) is 0.231. The first-order chi connectivity index (χ1) is 15.6. The summed E-state index contributed by atoms with van der Waals surface area (Å²) in [7, 11) is 1.54. The molecular weight excluding hydrogens is 406 g/mol. The lowest BCUT2D eigenvalue weighted by Crippen LogP contribution is -2.08. The molecule has 1 N–H and O–H groups in total. The molecule has 0 saturated heterocycles. The topological polar surface area (TPSA) is 77.4 Å². The van der Waals surface area contributed by atoms with E-state index in [4.69, 9.17) is 19.4 Å². The van der Waals surface area contributed by atoms with Gasteiger partial charge in [-0.2, -0.15) is 0 Å². The molecular formula is C26H27NO5. The van der Waals surface area contributed by atoms with E-state index < -0.39 is 5.97 Å². The maximum Gasteiger partial charge on any atom is 0.307 e. The molecule has 0 aliphatic rings. The van der Waals surface area contributed by atoms with Gasteiger partial charge in [0.05, 0.1) is 19.2 Å². The molecule has 0 aliphatic heterocycles. The number of methoxy groups -OCH3 is 1. The van der Waals surface area contributed by atoms with Crippen molar-refractivity contribution in [3.63, 3.8) is 0 Å². The van der Waals surface area contributed by atoms with Crippen molar-refractivity contribution in [1.82, 2.24) is 0 Å². The van der Waals surface area contributed by atoms with E-state index in [1.54, 1.807) is 18.2 Å². The average molecular weight is 434 g/mol. The fourth-order valence-electron chi connectivity index (χ4n) is 3.24. The minimum Gasteiger partial charge on any atom is -0.493 e. The van der Waals surface area contributed by atoms with Crippen LogP contribution in [0.2, 0.25) is 0 Å². The smallest absolute Gasteiger partial charge is 0.307 e. The van der Waals surface area contributed by atoms with Crippen molar-refractivity contribution in [2.75, 3.05) is 20.3 Å². The monoisotopic (exact) mass is 433 g/mol. The average Bonchev–Trinajstić information content (AvgIpc) is 2.82. The van der Waals surface area contributed by atoms with Crippen molar-refractivity contribution in [3.05, 3.63) is 83.9 Å². The zero-order valence-electron chi connectivity index (χ0n) is 18.3. The summed E-state index contributed by atoms with van der Waals surface area (Å²) in [5.41, 5.74) is 4.82. The van der Waals surface area contributed by atoms with Crippen LogP contribution in [-0.2, 0) is 16.1 Å². The van der Waals surface area contributed by atoms with E-state index in [2.05, 4.69) is 29.4 Å². The molecule has 0 radical (unpaired) electrons. The van der Waals surface area contributed by atoms with Crippen molar-refractivity contribution >= 4 is 11.7 Å². The molecule has 0 saturated carbocycles. The minimum absolute atomic E-state index is 0.0793. The summed E-state index contributed by atoms with van der Waals surface area (Å²) in [6.07, 6.45) is 0.653. The summed E-state index contributed by atoms with van der Waals surface area (Å²) in [5.74, 6) is 0.115. The highest BCUT2D eigenvalue weighted by Crippen LogP contribution is 2.28. The predicted octanol–water partition coefficient (Wildman–Crippen LogP) is 5.20. The number of hydrogen-bond donors (Lipinski definition) is 1. The molecule has 0 atom stereocenters. The molecule has 3 aromatic rings. The Balaban J connectivity index is 1.56. The lowest BCUT2D eigenvalue weighted by molar-refractivity contribution is -0.136. The zero-order chi connectivity index (χ0) is 22.8. The first-order valence-electron chi connectivity index (χ1n) is 10.5. The molecule has 32 heavy (non-hydrogen) atoms. The number of oxime groups is 1. The molecule has 0 bridgehead atoms. The van der Waals surface area contributed by atoms with E-state index in [9.17, 15) is 4.79 Å². The molecule has 166 valence electrons. The third-order valence-electron chi connectivity index (χ3n) is 4.85. The van der Waals surface area contributed by atoms with Crippen LogP contribution in [0.5, 0.6) is 11.5 Å². The number of benzene rings is 3. The largest absolute Gasteiger partial charge is 0.493 e. The summed E-state index contributed by atoms with van der Waals surface area (Å²) in [5, 5.41) is 13.2. The first-order valence-corrected chi connectivity index (χ1v) is 10.5. The Bertz CT molecular complexity index is 1050. The van der Waals surface area contributed by atoms with Gasteiger partial charge < -0.3 is 19.4 Å². The van der Waals surface area contributed by atoms with Gasteiger partial charge in [-0.1, -0.05) is 72.7 Å². The number of carbonyl (C=O) groups is 1. The molecule has 0 fully saturated rings. The summed E-state index contributed by atoms with van der Waals surface area (Å²) in [6, 6.07) is 23.5. The van der Waals surface area contributed by atoms with Crippen LogP contribution in [0.25, 0.3) is 11.1 Å². The standard InChI is InChI=1S/C26H27NO5/c1-3-23(22-12-10-21(11-13-22)20-7-5-4-6-8-20)27-32-16-15-31-25-17-19(18-26(28)29)9-14-24(25)30-2/h4-14,17H,3,15-16,18H2,1-2H3,(H,28,29). The maximum absolute atomic E-state index is 10.9. The summed E-state index contributed by atoms with van der Waals surface area (Å²) in [6.45, 7) is 2.53. The number of hydrogen-bond acceptors (Lipinski definition) is 5. The molecule has 0 aliphatic carbocycles. The fourth-order valence-corrected chi connectivity index (χ4v) is 3.24. The van der Waals surface area contributed by atoms with E-state index >= 15 is 0 Å². The van der Waals surface area contributed by atoms with Crippen LogP contribution in [0.3, 0.4) is 0 Å². The summed E-state index contributed by atoms with van der Waals surface area (Å²) >= 11 is 0. The number of carboxylic acids is 1. The van der Waals surface area contributed by atoms with Crippen molar-refractivity contribution in [2.24, 2.45) is 5.16 Å². The molecule has 0 amide bonds. The second kappa shape index (κ2) is 11.6. The number of rotatable bonds is 11. The van der Waals surface area contributed by atoms with Crippen molar-refractivity contribution in [2.45, 2.75) is 19.8 Å². The second-order valence-corrected chi connectivity index (χ2v) is 7.07. The Hall–Kier alpha value is -3.80. The van der Waals surface area contributed by atoms with Crippen LogP contribution in [0, 0.1) is 0 Å². The van der Waals surface area contributed by atoms with E-state index in [-0.39, 0.29) is 19.6 Å². The lowest BCUT2D eigenvalue weighted by atomic mass is 10.0. The Morgan fingerprint density at radius 2 is 1.62 bits per heavy atom. The van der Waals surface area contributed by atoms with Gasteiger partial charge in [-0.25, -0.2) is 0 Å². The number of ether oxygens (including phenoxy) is 2. The van der Waals surface area contributed by atoms with Gasteiger partial charge in [0.25, 0.3) is 0 Å². The van der Waals surface area contributed by atoms with Crippen molar-refractivity contribution < 1.29 is 24.2 Å². The molecule has 0 unspecified atom stereocenters. The van der Waals surface area contributed by atoms with Gasteiger partial charge in [0, 0.05) is 0 Å². The zero-order valence-corrected chi connectivity index (χ0v) is 18.3. The van der Waals surface area contributed by atoms with Gasteiger partial charge in [-0.05, 0) is 40.8 Å². The van der Waals surface area contributed by atoms with E-state index in [1.165, 1.54) is 12.7 Å². The van der Waals surface area contributed by atoms with Crippen LogP contribution in [-0.4, -0.2) is 37.1 Å². The highest BCUT2D eigenvalue weighted by Gasteiger charge is 2.09. The number of nitrogens with zero attached hydrogens (tertiary/aromatic N) is 1. The second-order valence-electron chi connectivity index (χ2n) is 7.07. The van der Waals surface area contributed by atoms with Crippen LogP contribution in [0.1, 0.15) is 24.5 Å². The van der Waals surface area contributed by atoms with Crippen LogP contribution in [0.4, 0.5) is 0 Å². The Kier molecular flexibility index (Phi) is 8.26. The van der Waals surface area contributed by atoms with E-state index in [0.29, 0.717) is 17.1 Å². The maximum atomic E-state index is 10.9. The van der Waals surface area contributed by atoms with E-state index in [1.807, 2.05) is 37.3 Å². The van der Waals surface area contributed by atoms with Crippen molar-refractivity contribution in [3.8, 4) is 22.6 Å². The third-order valence-corrected chi connectivity index (χ3v) is 4.85. The predicted molar refractivity (Wildman–Crippen MR) is 124 cm³/mol. The molecule has 0 aromatic heterocycles. The van der Waals surface area contributed by atoms with Gasteiger partial charge in [0.15, 0.2) is 18.1 Å². The minimum atomic E-state index is -0.900. The molecule has 3 rings (SSSR count). The Labute approximate surface area is 188 Å². The van der Waals surface area contributed by atoms with Gasteiger partial charge in [0.1, 0.15) is 6.61 Å². The SMILES string of the molecule is CCC(=NOCCOc1cc(CC(=O)O)ccc1OC)c1ccc(-c2ccccc2)cc1. The molecule has 6 nitrogen and oxygen atoms in total. The Morgan fingerprint density at radius 1 is 0.906 bits per heavy atom. The first kappa shape index (κ1) is 22.9. The van der Waals surface area contributed by atoms with Crippen molar-refractivity contribution in [1.29, 1.82) is 0 Å². The molecule has 0 heterocycles. The summed E-state index contributed by atoms with van der Waals surface area (Å²) < 4.78 is 11.0. The van der Waals surface area contributed by atoms with Gasteiger partial charge >= 0.3 is 5.97 Å². The Morgan fingerprint density at radius 3 is 2.28 bits per heavy atom. The normalized spacial score (nSPS) is 11.1. The number of aliphatic carboxylic acids is 1. The van der Waals surface area contributed by atoms with Gasteiger partial charge in [0.2, 0.25) is 0 Å². The number of carboxylic acid groups (broad SMARTS) is 1. The van der Waals surface area contributed by atoms with Gasteiger partial charge in [-0.15, -0.1) is 0 Å². The molecule has 0 spiro atoms. The highest BCUT2D eigenvalue weighted by molar-refractivity contribution is 6.00. The van der Waals surface area contributed by atoms with Crippen LogP contribution < -0.4 is 9.47 Å². The van der Waals surface area contributed by atoms with Gasteiger partial charge in [-0.3, -0.25) is 4.79 Å². The van der Waals surface area contributed by atoms with Crippen LogP contribution in [0.15, 0.2) is 78.0 Å². The quantitative estimate of drug-likeness (QED) is 0.256. The van der Waals surface area contributed by atoms with Crippen LogP contribution >= 0.6 is 0 Å². The molecule has 3 aromatic carbocycles. The summed E-state index contributed by atoms with van der Waals surface area (Å²) in [4.78, 5) is 16.4. The molecule has 6 heteroatoms. The lowest BCUT2D eigenvalue weighted by Gasteiger charge is -2.12. The third kappa shape index (κ3) is 6.35. The highest BCUT2D eigenvalue weighted by atomic mass is 16.6.